The van der Waals surface area contributed by atoms with Crippen molar-refractivity contribution < 1.29 is 17.2 Å². The molecule has 1 aromatic rings. The number of anilines is 1. The molecule has 0 saturated carbocycles. The summed E-state index contributed by atoms with van der Waals surface area (Å²) >= 11 is 0. The summed E-state index contributed by atoms with van der Waals surface area (Å²) in [5, 5.41) is 6.42. The molecule has 7 nitrogen and oxygen atoms in total. The predicted molar refractivity (Wildman–Crippen MR) is 106 cm³/mol. The minimum atomic E-state index is -3.12. The van der Waals surface area contributed by atoms with Crippen molar-refractivity contribution >= 4 is 21.7 Å². The molecular formula is C18H27F2N5O2S. The Bertz CT molecular complexity index is 798. The summed E-state index contributed by atoms with van der Waals surface area (Å²) in [5.41, 5.74) is 0.00739. The second-order valence-corrected chi connectivity index (χ2v) is 9.06. The Hall–Kier alpha value is -1.94. The lowest BCUT2D eigenvalue weighted by molar-refractivity contribution is 0.451. The molecular weight excluding hydrogens is 388 g/mol. The van der Waals surface area contributed by atoms with Crippen LogP contribution in [0.25, 0.3) is 0 Å². The van der Waals surface area contributed by atoms with Crippen LogP contribution in [0.4, 0.5) is 14.5 Å². The molecule has 2 heterocycles. The van der Waals surface area contributed by atoms with Crippen molar-refractivity contribution in [3.05, 3.63) is 29.8 Å². The highest BCUT2D eigenvalue weighted by atomic mass is 32.2. The van der Waals surface area contributed by atoms with E-state index in [1.807, 2.05) is 6.92 Å². The zero-order chi connectivity index (χ0) is 20.1. The van der Waals surface area contributed by atoms with Gasteiger partial charge in [-0.05, 0) is 31.9 Å². The molecule has 0 aromatic heterocycles. The van der Waals surface area contributed by atoms with E-state index in [0.717, 1.165) is 6.42 Å². The van der Waals surface area contributed by atoms with E-state index >= 15 is 0 Å². The zero-order valence-corrected chi connectivity index (χ0v) is 16.8. The first kappa shape index (κ1) is 20.8. The van der Waals surface area contributed by atoms with Crippen molar-refractivity contribution in [2.24, 2.45) is 4.99 Å². The second-order valence-electron chi connectivity index (χ2n) is 6.98. The molecule has 2 fully saturated rings. The molecule has 1 aromatic carbocycles. The van der Waals surface area contributed by atoms with Gasteiger partial charge in [0.15, 0.2) is 5.96 Å². The maximum absolute atomic E-state index is 14.0. The van der Waals surface area contributed by atoms with Gasteiger partial charge in [-0.15, -0.1) is 0 Å². The minimum absolute atomic E-state index is 0.00711. The van der Waals surface area contributed by atoms with Crippen LogP contribution in [0.3, 0.4) is 0 Å². The third-order valence-corrected chi connectivity index (χ3v) is 6.91. The Labute approximate surface area is 164 Å². The summed E-state index contributed by atoms with van der Waals surface area (Å²) in [7, 11) is -3.12. The maximum atomic E-state index is 14.0. The fraction of sp³-hybridized carbons (Fsp3) is 0.611. The molecule has 28 heavy (non-hydrogen) atoms. The molecule has 2 aliphatic rings. The molecule has 0 amide bonds. The number of para-hydroxylation sites is 1. The number of hydrogen-bond acceptors (Lipinski definition) is 4. The van der Waals surface area contributed by atoms with Gasteiger partial charge in [0.25, 0.3) is 0 Å². The molecule has 0 aliphatic carbocycles. The normalized spacial score (nSPS) is 22.6. The van der Waals surface area contributed by atoms with E-state index in [4.69, 9.17) is 0 Å². The quantitative estimate of drug-likeness (QED) is 0.538. The average molecular weight is 416 g/mol. The van der Waals surface area contributed by atoms with Gasteiger partial charge in [-0.2, -0.15) is 0 Å². The molecule has 2 saturated heterocycles. The van der Waals surface area contributed by atoms with Crippen molar-refractivity contribution in [1.82, 2.24) is 14.9 Å². The van der Waals surface area contributed by atoms with Crippen molar-refractivity contribution in [1.29, 1.82) is 0 Å². The fourth-order valence-corrected chi connectivity index (χ4v) is 5.12. The number of aliphatic imine (C=N–C) groups is 1. The molecule has 0 bridgehead atoms. The summed E-state index contributed by atoms with van der Waals surface area (Å²) in [5.74, 6) is -0.333. The van der Waals surface area contributed by atoms with Gasteiger partial charge in [0.05, 0.1) is 12.3 Å². The van der Waals surface area contributed by atoms with Crippen LogP contribution in [-0.2, 0) is 10.0 Å². The highest BCUT2D eigenvalue weighted by Crippen LogP contribution is 2.26. The first-order valence-corrected chi connectivity index (χ1v) is 11.2. The Morgan fingerprint density at radius 2 is 2.04 bits per heavy atom. The van der Waals surface area contributed by atoms with Gasteiger partial charge in [0, 0.05) is 38.8 Å². The number of benzene rings is 1. The third-order valence-electron chi connectivity index (χ3n) is 4.95. The Balaban J connectivity index is 1.57. The van der Waals surface area contributed by atoms with Crippen molar-refractivity contribution in [2.45, 2.75) is 25.8 Å². The average Bonchev–Trinajstić information content (AvgIpc) is 3.21. The van der Waals surface area contributed by atoms with Crippen LogP contribution in [0.15, 0.2) is 23.2 Å². The lowest BCUT2D eigenvalue weighted by Crippen LogP contribution is -2.45. The summed E-state index contributed by atoms with van der Waals surface area (Å²) in [6, 6.07) is 3.87. The molecule has 3 rings (SSSR count). The van der Waals surface area contributed by atoms with E-state index in [9.17, 15) is 17.2 Å². The van der Waals surface area contributed by atoms with Crippen LogP contribution in [0.5, 0.6) is 0 Å². The van der Waals surface area contributed by atoms with Crippen LogP contribution < -0.4 is 15.5 Å². The van der Waals surface area contributed by atoms with Gasteiger partial charge in [-0.25, -0.2) is 21.5 Å². The molecule has 0 spiro atoms. The molecule has 1 atom stereocenters. The van der Waals surface area contributed by atoms with E-state index in [2.05, 4.69) is 15.6 Å². The van der Waals surface area contributed by atoms with E-state index in [1.165, 1.54) is 22.5 Å². The lowest BCUT2D eigenvalue weighted by atomic mass is 10.2. The minimum Gasteiger partial charge on any atom is -0.365 e. The van der Waals surface area contributed by atoms with E-state index in [0.29, 0.717) is 51.6 Å². The molecule has 0 radical (unpaired) electrons. The molecule has 2 N–H and O–H groups in total. The number of rotatable bonds is 6. The monoisotopic (exact) mass is 415 g/mol. The van der Waals surface area contributed by atoms with E-state index < -0.39 is 21.7 Å². The summed E-state index contributed by atoms with van der Waals surface area (Å²) in [6.07, 6.45) is 1.38. The summed E-state index contributed by atoms with van der Waals surface area (Å²) in [4.78, 5) is 6.16. The van der Waals surface area contributed by atoms with Crippen LogP contribution in [0.2, 0.25) is 0 Å². The van der Waals surface area contributed by atoms with Gasteiger partial charge in [0.1, 0.15) is 17.3 Å². The SMILES string of the molecule is CCNC(=NCCN1CCCS1(=O)=O)NC1CCN(c2c(F)cccc2F)C1. The van der Waals surface area contributed by atoms with E-state index in [-0.39, 0.29) is 17.5 Å². The third kappa shape index (κ3) is 4.91. The largest absolute Gasteiger partial charge is 0.365 e. The van der Waals surface area contributed by atoms with Crippen molar-refractivity contribution in [2.75, 3.05) is 49.9 Å². The number of guanidine groups is 1. The number of sulfonamides is 1. The highest BCUT2D eigenvalue weighted by Gasteiger charge is 2.28. The maximum Gasteiger partial charge on any atom is 0.214 e. The molecule has 1 unspecified atom stereocenters. The Kier molecular flexibility index (Phi) is 6.71. The van der Waals surface area contributed by atoms with E-state index in [1.54, 1.807) is 4.90 Å². The topological polar surface area (TPSA) is 77.0 Å². The van der Waals surface area contributed by atoms with Crippen molar-refractivity contribution in [3.63, 3.8) is 0 Å². The van der Waals surface area contributed by atoms with Crippen LogP contribution in [-0.4, -0.2) is 69.7 Å². The number of hydrogen-bond donors (Lipinski definition) is 2. The molecule has 156 valence electrons. The van der Waals surface area contributed by atoms with Gasteiger partial charge in [-0.1, -0.05) is 6.07 Å². The summed E-state index contributed by atoms with van der Waals surface area (Å²) in [6.45, 7) is 4.87. The zero-order valence-electron chi connectivity index (χ0n) is 16.0. The smallest absolute Gasteiger partial charge is 0.214 e. The van der Waals surface area contributed by atoms with Gasteiger partial charge >= 0.3 is 0 Å². The van der Waals surface area contributed by atoms with Crippen molar-refractivity contribution in [3.8, 4) is 0 Å². The molecule has 2 aliphatic heterocycles. The number of halogens is 2. The second kappa shape index (κ2) is 9.04. The molecule has 10 heteroatoms. The van der Waals surface area contributed by atoms with Crippen LogP contribution >= 0.6 is 0 Å². The Morgan fingerprint density at radius 1 is 1.29 bits per heavy atom. The number of nitrogens with zero attached hydrogens (tertiary/aromatic N) is 3. The Morgan fingerprint density at radius 3 is 2.68 bits per heavy atom. The first-order chi connectivity index (χ1) is 13.4. The van der Waals surface area contributed by atoms with Crippen LogP contribution in [0.1, 0.15) is 19.8 Å². The first-order valence-electron chi connectivity index (χ1n) is 9.62. The predicted octanol–water partition coefficient (Wildman–Crippen LogP) is 1.13. The van der Waals surface area contributed by atoms with Crippen LogP contribution in [0, 0.1) is 11.6 Å². The number of nitrogens with one attached hydrogen (secondary N) is 2. The fourth-order valence-electron chi connectivity index (χ4n) is 3.60. The standard InChI is InChI=1S/C18H27F2N5O2S/c1-2-21-18(22-8-11-25-9-4-12-28(25,26)27)23-14-7-10-24(13-14)17-15(19)5-3-6-16(17)20/h3,5-6,14H,2,4,7-13H2,1H3,(H2,21,22,23). The van der Waals surface area contributed by atoms with Gasteiger partial charge < -0.3 is 15.5 Å². The lowest BCUT2D eigenvalue weighted by Gasteiger charge is -2.21. The van der Waals surface area contributed by atoms with Gasteiger partial charge in [0.2, 0.25) is 10.0 Å². The van der Waals surface area contributed by atoms with Gasteiger partial charge in [-0.3, -0.25) is 4.99 Å². The summed E-state index contributed by atoms with van der Waals surface area (Å²) < 4.78 is 53.2. The highest BCUT2D eigenvalue weighted by molar-refractivity contribution is 7.89.